The number of hydrogen-bond donors (Lipinski definition) is 2. The monoisotopic (exact) mass is 429 g/mol. The van der Waals surface area contributed by atoms with E-state index in [1.54, 1.807) is 13.2 Å². The van der Waals surface area contributed by atoms with Crippen LogP contribution in [0.5, 0.6) is 0 Å². The Labute approximate surface area is 184 Å². The highest BCUT2D eigenvalue weighted by atomic mass is 16.5. The number of piperidine rings is 1. The van der Waals surface area contributed by atoms with E-state index in [-0.39, 0.29) is 29.6 Å². The highest BCUT2D eigenvalue weighted by Gasteiger charge is 2.35. The van der Waals surface area contributed by atoms with Gasteiger partial charge in [-0.3, -0.25) is 14.4 Å². The molecule has 1 aliphatic heterocycles. The lowest BCUT2D eigenvalue weighted by molar-refractivity contribution is -0.137. The second-order valence-corrected chi connectivity index (χ2v) is 8.69. The molecule has 2 aliphatic rings. The van der Waals surface area contributed by atoms with Crippen LogP contribution in [0, 0.1) is 18.8 Å². The Morgan fingerprint density at radius 2 is 1.77 bits per heavy atom. The zero-order chi connectivity index (χ0) is 22.2. The van der Waals surface area contributed by atoms with Crippen LogP contribution < -0.4 is 10.6 Å². The molecule has 1 aromatic carbocycles. The van der Waals surface area contributed by atoms with Gasteiger partial charge in [-0.25, -0.2) is 0 Å². The van der Waals surface area contributed by atoms with Gasteiger partial charge >= 0.3 is 0 Å². The first-order valence-corrected chi connectivity index (χ1v) is 11.4. The van der Waals surface area contributed by atoms with Crippen LogP contribution in [0.25, 0.3) is 0 Å². The van der Waals surface area contributed by atoms with Gasteiger partial charge in [0, 0.05) is 38.2 Å². The fourth-order valence-electron chi connectivity index (χ4n) is 4.71. The summed E-state index contributed by atoms with van der Waals surface area (Å²) in [6.07, 6.45) is 5.68. The summed E-state index contributed by atoms with van der Waals surface area (Å²) in [7, 11) is 1.58. The molecule has 0 unspecified atom stereocenters. The number of carbonyl (C=O) groups is 3. The minimum Gasteiger partial charge on any atom is -0.383 e. The Bertz CT molecular complexity index is 768. The molecule has 1 atom stereocenters. The topological polar surface area (TPSA) is 87.7 Å². The normalized spacial score (nSPS) is 18.6. The van der Waals surface area contributed by atoms with Gasteiger partial charge < -0.3 is 20.3 Å². The smallest absolute Gasteiger partial charge is 0.252 e. The SMILES string of the molecule is COCCNC(=O)[C@@H](NC(=O)c1ccccc1C)C1CCN(C(=O)C2CCCC2)CC1. The van der Waals surface area contributed by atoms with E-state index >= 15 is 0 Å². The van der Waals surface area contributed by atoms with Crippen molar-refractivity contribution in [2.45, 2.75) is 51.5 Å². The lowest BCUT2D eigenvalue weighted by atomic mass is 9.87. The summed E-state index contributed by atoms with van der Waals surface area (Å²) < 4.78 is 5.03. The lowest BCUT2D eigenvalue weighted by Crippen LogP contribution is -2.54. The summed E-state index contributed by atoms with van der Waals surface area (Å²) in [5.41, 5.74) is 1.45. The van der Waals surface area contributed by atoms with Crippen LogP contribution in [-0.2, 0) is 14.3 Å². The Morgan fingerprint density at radius 3 is 2.42 bits per heavy atom. The lowest BCUT2D eigenvalue weighted by Gasteiger charge is -2.37. The van der Waals surface area contributed by atoms with Crippen LogP contribution in [0.3, 0.4) is 0 Å². The zero-order valence-corrected chi connectivity index (χ0v) is 18.7. The number of amides is 3. The van der Waals surface area contributed by atoms with Crippen LogP contribution in [-0.4, -0.2) is 62.0 Å². The molecule has 1 aliphatic carbocycles. The van der Waals surface area contributed by atoms with Crippen molar-refractivity contribution in [2.24, 2.45) is 11.8 Å². The van der Waals surface area contributed by atoms with E-state index < -0.39 is 6.04 Å². The second-order valence-electron chi connectivity index (χ2n) is 8.69. The summed E-state index contributed by atoms with van der Waals surface area (Å²) in [4.78, 5) is 40.6. The van der Waals surface area contributed by atoms with Gasteiger partial charge in [0.25, 0.3) is 5.91 Å². The number of methoxy groups -OCH3 is 1. The first kappa shape index (κ1) is 23.3. The van der Waals surface area contributed by atoms with Crippen LogP contribution in [0.4, 0.5) is 0 Å². The van der Waals surface area contributed by atoms with Crippen molar-refractivity contribution in [3.8, 4) is 0 Å². The van der Waals surface area contributed by atoms with Gasteiger partial charge in [-0.15, -0.1) is 0 Å². The molecule has 0 bridgehead atoms. The van der Waals surface area contributed by atoms with E-state index in [4.69, 9.17) is 4.74 Å². The fraction of sp³-hybridized carbons (Fsp3) is 0.625. The number of nitrogens with zero attached hydrogens (tertiary/aromatic N) is 1. The third kappa shape index (κ3) is 6.06. The van der Waals surface area contributed by atoms with Crippen molar-refractivity contribution in [3.63, 3.8) is 0 Å². The van der Waals surface area contributed by atoms with E-state index in [2.05, 4.69) is 10.6 Å². The first-order chi connectivity index (χ1) is 15.0. The van der Waals surface area contributed by atoms with E-state index in [0.29, 0.717) is 44.6 Å². The molecular weight excluding hydrogens is 394 g/mol. The molecule has 31 heavy (non-hydrogen) atoms. The summed E-state index contributed by atoms with van der Waals surface area (Å²) >= 11 is 0. The molecule has 7 heteroatoms. The number of aryl methyl sites for hydroxylation is 1. The van der Waals surface area contributed by atoms with Crippen molar-refractivity contribution < 1.29 is 19.1 Å². The first-order valence-electron chi connectivity index (χ1n) is 11.4. The molecule has 7 nitrogen and oxygen atoms in total. The Morgan fingerprint density at radius 1 is 1.10 bits per heavy atom. The molecule has 0 aromatic heterocycles. The number of carbonyl (C=O) groups excluding carboxylic acids is 3. The maximum atomic E-state index is 12.9. The van der Waals surface area contributed by atoms with E-state index in [1.165, 1.54) is 0 Å². The number of likely N-dealkylation sites (tertiary alicyclic amines) is 1. The zero-order valence-electron chi connectivity index (χ0n) is 18.7. The molecule has 0 spiro atoms. The molecule has 1 saturated heterocycles. The minimum absolute atomic E-state index is 0.0110. The molecule has 1 heterocycles. The Hall–Kier alpha value is -2.41. The number of rotatable bonds is 8. The average Bonchev–Trinajstić information content (AvgIpc) is 3.32. The van der Waals surface area contributed by atoms with E-state index in [0.717, 1.165) is 31.2 Å². The molecule has 3 rings (SSSR count). The van der Waals surface area contributed by atoms with Gasteiger partial charge in [-0.2, -0.15) is 0 Å². The molecule has 1 saturated carbocycles. The minimum atomic E-state index is -0.632. The molecule has 2 N–H and O–H groups in total. The Balaban J connectivity index is 1.65. The van der Waals surface area contributed by atoms with E-state index in [1.807, 2.05) is 30.0 Å². The third-order valence-electron chi connectivity index (χ3n) is 6.59. The fourth-order valence-corrected chi connectivity index (χ4v) is 4.71. The molecule has 170 valence electrons. The summed E-state index contributed by atoms with van der Waals surface area (Å²) in [6, 6.07) is 6.73. The highest BCUT2D eigenvalue weighted by molar-refractivity contribution is 5.98. The molecule has 0 radical (unpaired) electrons. The average molecular weight is 430 g/mol. The van der Waals surface area contributed by atoms with Crippen molar-refractivity contribution in [1.29, 1.82) is 0 Å². The van der Waals surface area contributed by atoms with Gasteiger partial charge in [0.15, 0.2) is 0 Å². The summed E-state index contributed by atoms with van der Waals surface area (Å²) in [5, 5.41) is 5.85. The van der Waals surface area contributed by atoms with Crippen LogP contribution in [0.1, 0.15) is 54.4 Å². The van der Waals surface area contributed by atoms with Crippen LogP contribution >= 0.6 is 0 Å². The maximum absolute atomic E-state index is 12.9. The largest absolute Gasteiger partial charge is 0.383 e. The second kappa shape index (κ2) is 11.3. The van der Waals surface area contributed by atoms with Crippen molar-refractivity contribution in [1.82, 2.24) is 15.5 Å². The quantitative estimate of drug-likeness (QED) is 0.621. The molecular formula is C24H35N3O4. The van der Waals surface area contributed by atoms with Gasteiger partial charge in [0.2, 0.25) is 11.8 Å². The molecule has 1 aromatic rings. The van der Waals surface area contributed by atoms with E-state index in [9.17, 15) is 14.4 Å². The number of hydrogen-bond acceptors (Lipinski definition) is 4. The predicted molar refractivity (Wildman–Crippen MR) is 119 cm³/mol. The summed E-state index contributed by atoms with van der Waals surface area (Å²) in [6.45, 7) is 3.98. The Kier molecular flexibility index (Phi) is 8.46. The van der Waals surface area contributed by atoms with Gasteiger partial charge in [-0.1, -0.05) is 31.0 Å². The van der Waals surface area contributed by atoms with Crippen molar-refractivity contribution in [3.05, 3.63) is 35.4 Å². The predicted octanol–water partition coefficient (Wildman–Crippen LogP) is 2.28. The molecule has 3 amide bonds. The van der Waals surface area contributed by atoms with Crippen LogP contribution in [0.15, 0.2) is 24.3 Å². The number of ether oxygens (including phenoxy) is 1. The summed E-state index contributed by atoms with van der Waals surface area (Å²) in [5.74, 6) is -0.0106. The maximum Gasteiger partial charge on any atom is 0.252 e. The van der Waals surface area contributed by atoms with Crippen LogP contribution in [0.2, 0.25) is 0 Å². The highest BCUT2D eigenvalue weighted by Crippen LogP contribution is 2.29. The van der Waals surface area contributed by atoms with Crippen molar-refractivity contribution >= 4 is 17.7 Å². The molecule has 2 fully saturated rings. The van der Waals surface area contributed by atoms with Gasteiger partial charge in [0.05, 0.1) is 6.61 Å². The third-order valence-corrected chi connectivity index (χ3v) is 6.59. The number of nitrogens with one attached hydrogen (secondary N) is 2. The standard InChI is InChI=1S/C24H35N3O4/c1-17-7-3-6-10-20(17)22(28)26-21(23(29)25-13-16-31-2)18-11-14-27(15-12-18)24(30)19-8-4-5-9-19/h3,6-7,10,18-19,21H,4-5,8-9,11-16H2,1-2H3,(H,25,29)(H,26,28)/t21-/m0/s1. The van der Waals surface area contributed by atoms with Crippen molar-refractivity contribution in [2.75, 3.05) is 33.4 Å². The van der Waals surface area contributed by atoms with Gasteiger partial charge in [0.1, 0.15) is 6.04 Å². The number of benzene rings is 1. The van der Waals surface area contributed by atoms with Gasteiger partial charge in [-0.05, 0) is 50.2 Å².